The van der Waals surface area contributed by atoms with E-state index < -0.39 is 12.0 Å². The first-order valence-corrected chi connectivity index (χ1v) is 6.20. The van der Waals surface area contributed by atoms with Crippen molar-refractivity contribution in [3.63, 3.8) is 0 Å². The van der Waals surface area contributed by atoms with Crippen LogP contribution in [-0.4, -0.2) is 27.2 Å². The number of carbonyl (C=O) groups excluding carboxylic acids is 1. The molecule has 1 heterocycles. The fourth-order valence-electron chi connectivity index (χ4n) is 1.55. The van der Waals surface area contributed by atoms with Gasteiger partial charge in [-0.2, -0.15) is 4.98 Å². The number of nitrogens with zero attached hydrogens (tertiary/aromatic N) is 2. The lowest BCUT2D eigenvalue weighted by Gasteiger charge is -2.09. The van der Waals surface area contributed by atoms with E-state index in [2.05, 4.69) is 20.8 Å². The average Bonchev–Trinajstić information content (AvgIpc) is 2.82. The Morgan fingerprint density at radius 1 is 1.43 bits per heavy atom. The fourth-order valence-corrected chi connectivity index (χ4v) is 1.72. The number of carbonyl (C=O) groups is 2. The number of urea groups is 1. The van der Waals surface area contributed by atoms with Gasteiger partial charge in [0.1, 0.15) is 0 Å². The Kier molecular flexibility index (Phi) is 4.39. The summed E-state index contributed by atoms with van der Waals surface area (Å²) < 4.78 is 4.75. The number of carboxylic acid groups (broad SMARTS) is 1. The number of benzene rings is 1. The molecule has 2 aromatic rings. The van der Waals surface area contributed by atoms with Crippen LogP contribution in [0.5, 0.6) is 0 Å². The molecule has 0 aliphatic heterocycles. The molecule has 0 spiro atoms. The molecular formula is C12H11ClN4O4. The van der Waals surface area contributed by atoms with Crippen LogP contribution in [0.15, 0.2) is 22.7 Å². The van der Waals surface area contributed by atoms with Gasteiger partial charge in [-0.1, -0.05) is 16.8 Å². The number of aromatic carboxylic acids is 1. The number of aromatic nitrogens is 2. The largest absolute Gasteiger partial charge is 0.478 e. The minimum atomic E-state index is -1.17. The van der Waals surface area contributed by atoms with E-state index in [1.807, 2.05) is 0 Å². The number of anilines is 1. The molecule has 0 bridgehead atoms. The van der Waals surface area contributed by atoms with Crippen LogP contribution in [0.4, 0.5) is 10.5 Å². The lowest BCUT2D eigenvalue weighted by molar-refractivity contribution is 0.0698. The Morgan fingerprint density at radius 2 is 2.19 bits per heavy atom. The Balaban J connectivity index is 2.02. The predicted octanol–water partition coefficient (Wildman–Crippen LogP) is 2.05. The monoisotopic (exact) mass is 310 g/mol. The van der Waals surface area contributed by atoms with E-state index in [1.54, 1.807) is 6.92 Å². The Labute approximate surface area is 124 Å². The number of carboxylic acids is 1. The summed E-state index contributed by atoms with van der Waals surface area (Å²) in [6, 6.07) is 3.48. The van der Waals surface area contributed by atoms with Gasteiger partial charge in [0.2, 0.25) is 5.89 Å². The second-order valence-electron chi connectivity index (χ2n) is 4.03. The molecule has 1 aromatic heterocycles. The summed E-state index contributed by atoms with van der Waals surface area (Å²) in [4.78, 5) is 26.7. The molecule has 2 amide bonds. The summed E-state index contributed by atoms with van der Waals surface area (Å²) in [5.41, 5.74) is 0.0294. The van der Waals surface area contributed by atoms with Crippen molar-refractivity contribution in [2.24, 2.45) is 0 Å². The minimum absolute atomic E-state index is 0.0478. The van der Waals surface area contributed by atoms with Crippen molar-refractivity contribution in [2.75, 3.05) is 5.32 Å². The van der Waals surface area contributed by atoms with Crippen LogP contribution in [0, 0.1) is 6.92 Å². The SMILES string of the molecule is Cc1nc(CNC(=O)Nc2cc(Cl)ccc2C(=O)O)no1. The van der Waals surface area contributed by atoms with Gasteiger partial charge < -0.3 is 20.3 Å². The zero-order valence-electron chi connectivity index (χ0n) is 10.9. The number of halogens is 1. The molecule has 0 unspecified atom stereocenters. The van der Waals surface area contributed by atoms with Crippen LogP contribution in [-0.2, 0) is 6.54 Å². The van der Waals surface area contributed by atoms with E-state index in [1.165, 1.54) is 18.2 Å². The molecule has 0 aliphatic carbocycles. The first kappa shape index (κ1) is 14.8. The van der Waals surface area contributed by atoms with Gasteiger partial charge in [0.15, 0.2) is 5.82 Å². The summed E-state index contributed by atoms with van der Waals surface area (Å²) in [6.45, 7) is 1.67. The van der Waals surface area contributed by atoms with Gasteiger partial charge in [0.05, 0.1) is 17.8 Å². The third-order valence-electron chi connectivity index (χ3n) is 2.44. The lowest BCUT2D eigenvalue weighted by Crippen LogP contribution is -2.29. The number of aryl methyl sites for hydroxylation is 1. The Bertz CT molecular complexity index is 686. The van der Waals surface area contributed by atoms with Crippen molar-refractivity contribution >= 4 is 29.3 Å². The molecule has 110 valence electrons. The van der Waals surface area contributed by atoms with E-state index in [4.69, 9.17) is 21.2 Å². The van der Waals surface area contributed by atoms with E-state index in [-0.39, 0.29) is 17.8 Å². The molecule has 8 nitrogen and oxygen atoms in total. The van der Waals surface area contributed by atoms with Gasteiger partial charge in [0.25, 0.3) is 0 Å². The Morgan fingerprint density at radius 3 is 2.81 bits per heavy atom. The van der Waals surface area contributed by atoms with Crippen LogP contribution in [0.2, 0.25) is 5.02 Å². The zero-order chi connectivity index (χ0) is 15.4. The summed E-state index contributed by atoms with van der Waals surface area (Å²) in [6.07, 6.45) is 0. The van der Waals surface area contributed by atoms with Gasteiger partial charge in [-0.25, -0.2) is 9.59 Å². The van der Waals surface area contributed by atoms with E-state index in [9.17, 15) is 9.59 Å². The van der Waals surface area contributed by atoms with Crippen molar-refractivity contribution in [1.29, 1.82) is 0 Å². The molecule has 0 saturated carbocycles. The second kappa shape index (κ2) is 6.23. The third kappa shape index (κ3) is 3.93. The molecule has 2 rings (SSSR count). The van der Waals surface area contributed by atoms with Crippen molar-refractivity contribution in [2.45, 2.75) is 13.5 Å². The molecular weight excluding hydrogens is 300 g/mol. The quantitative estimate of drug-likeness (QED) is 0.795. The van der Waals surface area contributed by atoms with Crippen molar-refractivity contribution < 1.29 is 19.2 Å². The topological polar surface area (TPSA) is 117 Å². The van der Waals surface area contributed by atoms with Crippen molar-refractivity contribution in [1.82, 2.24) is 15.5 Å². The number of rotatable bonds is 4. The van der Waals surface area contributed by atoms with E-state index >= 15 is 0 Å². The molecule has 1 aromatic carbocycles. The highest BCUT2D eigenvalue weighted by molar-refractivity contribution is 6.31. The van der Waals surface area contributed by atoms with Gasteiger partial charge in [-0.05, 0) is 18.2 Å². The van der Waals surface area contributed by atoms with E-state index in [0.29, 0.717) is 16.7 Å². The fraction of sp³-hybridized carbons (Fsp3) is 0.167. The lowest BCUT2D eigenvalue weighted by atomic mass is 10.2. The van der Waals surface area contributed by atoms with Crippen LogP contribution in [0.3, 0.4) is 0 Å². The van der Waals surface area contributed by atoms with Gasteiger partial charge in [-0.3, -0.25) is 0 Å². The summed E-state index contributed by atoms with van der Waals surface area (Å²) >= 11 is 5.78. The number of nitrogens with one attached hydrogen (secondary N) is 2. The molecule has 9 heteroatoms. The van der Waals surface area contributed by atoms with Crippen molar-refractivity contribution in [3.8, 4) is 0 Å². The second-order valence-corrected chi connectivity index (χ2v) is 4.47. The summed E-state index contributed by atoms with van der Waals surface area (Å²) in [7, 11) is 0. The van der Waals surface area contributed by atoms with Crippen LogP contribution in [0.25, 0.3) is 0 Å². The average molecular weight is 311 g/mol. The van der Waals surface area contributed by atoms with Crippen LogP contribution >= 0.6 is 11.6 Å². The number of amides is 2. The standard InChI is InChI=1S/C12H11ClN4O4/c1-6-15-10(17-21-6)5-14-12(20)16-9-4-7(13)2-3-8(9)11(18)19/h2-4H,5H2,1H3,(H,18,19)(H2,14,16,20). The first-order valence-electron chi connectivity index (χ1n) is 5.82. The van der Waals surface area contributed by atoms with E-state index in [0.717, 1.165) is 0 Å². The van der Waals surface area contributed by atoms with Crippen molar-refractivity contribution in [3.05, 3.63) is 40.5 Å². The van der Waals surface area contributed by atoms with Crippen LogP contribution in [0.1, 0.15) is 22.1 Å². The molecule has 0 aliphatic rings. The maximum Gasteiger partial charge on any atom is 0.337 e. The maximum atomic E-state index is 11.7. The van der Waals surface area contributed by atoms with Gasteiger partial charge in [-0.15, -0.1) is 0 Å². The highest BCUT2D eigenvalue weighted by atomic mass is 35.5. The molecule has 21 heavy (non-hydrogen) atoms. The molecule has 0 radical (unpaired) electrons. The summed E-state index contributed by atoms with van der Waals surface area (Å²) in [5.74, 6) is -0.474. The van der Waals surface area contributed by atoms with Crippen LogP contribution < -0.4 is 10.6 Å². The maximum absolute atomic E-state index is 11.7. The van der Waals surface area contributed by atoms with Gasteiger partial charge >= 0.3 is 12.0 Å². The number of hydrogen-bond acceptors (Lipinski definition) is 5. The smallest absolute Gasteiger partial charge is 0.337 e. The minimum Gasteiger partial charge on any atom is -0.478 e. The molecule has 0 fully saturated rings. The highest BCUT2D eigenvalue weighted by Gasteiger charge is 2.13. The first-order chi connectivity index (χ1) is 9.95. The highest BCUT2D eigenvalue weighted by Crippen LogP contribution is 2.21. The normalized spacial score (nSPS) is 10.2. The van der Waals surface area contributed by atoms with Gasteiger partial charge in [0, 0.05) is 11.9 Å². The Hall–Kier alpha value is -2.61. The summed E-state index contributed by atoms with van der Waals surface area (Å²) in [5, 5.41) is 17.8. The number of hydrogen-bond donors (Lipinski definition) is 3. The zero-order valence-corrected chi connectivity index (χ0v) is 11.6. The molecule has 0 atom stereocenters. The molecule has 3 N–H and O–H groups in total. The third-order valence-corrected chi connectivity index (χ3v) is 2.67. The molecule has 0 saturated heterocycles. The predicted molar refractivity (Wildman–Crippen MR) is 73.3 cm³/mol.